The lowest BCUT2D eigenvalue weighted by molar-refractivity contribution is -0.132. The van der Waals surface area contributed by atoms with Gasteiger partial charge in [-0.05, 0) is 12.5 Å². The quantitative estimate of drug-likeness (QED) is 0.593. The molecule has 1 aromatic heterocycles. The number of carboxylic acid groups (broad SMARTS) is 1. The third-order valence-electron chi connectivity index (χ3n) is 1.85. The zero-order valence-corrected chi connectivity index (χ0v) is 8.34. The number of carbonyl (C=O) groups is 1. The largest absolute Gasteiger partial charge is 0.477 e. The summed E-state index contributed by atoms with van der Waals surface area (Å²) in [6, 6.07) is 1.63. The number of aliphatic carboxylic acids is 1. The van der Waals surface area contributed by atoms with Gasteiger partial charge in [0.05, 0.1) is 18.2 Å². The summed E-state index contributed by atoms with van der Waals surface area (Å²) in [5, 5.41) is 17.3. The van der Waals surface area contributed by atoms with Gasteiger partial charge < -0.3 is 9.67 Å². The molecule has 1 rings (SSSR count). The first-order valence-electron chi connectivity index (χ1n) is 4.54. The van der Waals surface area contributed by atoms with Crippen LogP contribution < -0.4 is 0 Å². The van der Waals surface area contributed by atoms with Crippen molar-refractivity contribution in [1.82, 2.24) is 9.55 Å². The van der Waals surface area contributed by atoms with Crippen molar-refractivity contribution in [2.24, 2.45) is 0 Å². The van der Waals surface area contributed by atoms with Crippen LogP contribution in [0.3, 0.4) is 0 Å². The van der Waals surface area contributed by atoms with Crippen molar-refractivity contribution in [3.63, 3.8) is 0 Å². The minimum Gasteiger partial charge on any atom is -0.477 e. The molecule has 15 heavy (non-hydrogen) atoms. The topological polar surface area (TPSA) is 78.9 Å². The van der Waals surface area contributed by atoms with Gasteiger partial charge in [0.1, 0.15) is 11.6 Å². The second-order valence-corrected chi connectivity index (χ2v) is 2.99. The molecule has 0 spiro atoms. The maximum Gasteiger partial charge on any atom is 0.346 e. The standard InChI is InChI=1S/C10H11N3O2/c1-2-3-13-7-12-6-9(13)4-8(5-11)10(14)15/h4,6-7H,2-3H2,1H3,(H,14,15). The van der Waals surface area contributed by atoms with Gasteiger partial charge >= 0.3 is 5.97 Å². The minimum atomic E-state index is -1.22. The first-order chi connectivity index (χ1) is 7.19. The van der Waals surface area contributed by atoms with Crippen LogP contribution in [-0.4, -0.2) is 20.6 Å². The van der Waals surface area contributed by atoms with Gasteiger partial charge in [-0.25, -0.2) is 9.78 Å². The number of aryl methyl sites for hydroxylation is 1. The molecule has 0 aliphatic heterocycles. The number of aromatic nitrogens is 2. The van der Waals surface area contributed by atoms with Gasteiger partial charge in [0, 0.05) is 6.54 Å². The molecule has 1 N–H and O–H groups in total. The molecule has 0 saturated carbocycles. The van der Waals surface area contributed by atoms with Crippen molar-refractivity contribution < 1.29 is 9.90 Å². The van der Waals surface area contributed by atoms with Crippen molar-refractivity contribution in [3.8, 4) is 6.07 Å². The van der Waals surface area contributed by atoms with Crippen LogP contribution in [0.5, 0.6) is 0 Å². The summed E-state index contributed by atoms with van der Waals surface area (Å²) in [6.45, 7) is 2.76. The second kappa shape index (κ2) is 4.96. The molecule has 0 atom stereocenters. The molecule has 5 heteroatoms. The number of nitrogens with zero attached hydrogens (tertiary/aromatic N) is 3. The van der Waals surface area contributed by atoms with E-state index < -0.39 is 5.97 Å². The molecule has 0 aliphatic rings. The third kappa shape index (κ3) is 2.68. The molecule has 1 aromatic rings. The Morgan fingerprint density at radius 2 is 2.53 bits per heavy atom. The zero-order valence-electron chi connectivity index (χ0n) is 8.34. The molecule has 0 amide bonds. The summed E-state index contributed by atoms with van der Waals surface area (Å²) in [7, 11) is 0. The van der Waals surface area contributed by atoms with Crippen LogP contribution in [0.25, 0.3) is 6.08 Å². The van der Waals surface area contributed by atoms with Crippen LogP contribution in [0, 0.1) is 11.3 Å². The third-order valence-corrected chi connectivity index (χ3v) is 1.85. The van der Waals surface area contributed by atoms with Crippen molar-refractivity contribution in [2.45, 2.75) is 19.9 Å². The van der Waals surface area contributed by atoms with E-state index in [1.165, 1.54) is 12.3 Å². The first kappa shape index (κ1) is 11.0. The highest BCUT2D eigenvalue weighted by atomic mass is 16.4. The summed E-state index contributed by atoms with van der Waals surface area (Å²) >= 11 is 0. The second-order valence-electron chi connectivity index (χ2n) is 2.99. The molecule has 0 radical (unpaired) electrons. The Morgan fingerprint density at radius 3 is 3.07 bits per heavy atom. The van der Waals surface area contributed by atoms with E-state index in [2.05, 4.69) is 4.98 Å². The Balaban J connectivity index is 3.02. The maximum atomic E-state index is 10.6. The smallest absolute Gasteiger partial charge is 0.346 e. The van der Waals surface area contributed by atoms with E-state index in [-0.39, 0.29) is 5.57 Å². The summed E-state index contributed by atoms with van der Waals surface area (Å²) in [6.07, 6.45) is 5.40. The van der Waals surface area contributed by atoms with Crippen LogP contribution in [0.4, 0.5) is 0 Å². The molecule has 0 aromatic carbocycles. The van der Waals surface area contributed by atoms with Crippen LogP contribution in [-0.2, 0) is 11.3 Å². The SMILES string of the molecule is CCCn1cncc1C=C(C#N)C(=O)O. The van der Waals surface area contributed by atoms with Gasteiger partial charge in [-0.3, -0.25) is 0 Å². The van der Waals surface area contributed by atoms with Gasteiger partial charge in [0.25, 0.3) is 0 Å². The van der Waals surface area contributed by atoms with Crippen molar-refractivity contribution in [2.75, 3.05) is 0 Å². The van der Waals surface area contributed by atoms with E-state index in [1.54, 1.807) is 17.0 Å². The average molecular weight is 205 g/mol. The Morgan fingerprint density at radius 1 is 1.80 bits per heavy atom. The lowest BCUT2D eigenvalue weighted by atomic mass is 10.2. The fraction of sp³-hybridized carbons (Fsp3) is 0.300. The van der Waals surface area contributed by atoms with Gasteiger partial charge in [0.15, 0.2) is 0 Å². The zero-order chi connectivity index (χ0) is 11.3. The molecule has 1 heterocycles. The minimum absolute atomic E-state index is 0.284. The number of hydrogen-bond acceptors (Lipinski definition) is 3. The van der Waals surface area contributed by atoms with E-state index in [0.29, 0.717) is 5.69 Å². The summed E-state index contributed by atoms with van der Waals surface area (Å²) < 4.78 is 1.81. The average Bonchev–Trinajstić information content (AvgIpc) is 2.62. The molecule has 5 nitrogen and oxygen atoms in total. The molecule has 0 aliphatic carbocycles. The van der Waals surface area contributed by atoms with Gasteiger partial charge in [-0.2, -0.15) is 5.26 Å². The Kier molecular flexibility index (Phi) is 3.63. The highest BCUT2D eigenvalue weighted by molar-refractivity contribution is 5.96. The van der Waals surface area contributed by atoms with Crippen molar-refractivity contribution >= 4 is 12.0 Å². The van der Waals surface area contributed by atoms with Crippen molar-refractivity contribution in [1.29, 1.82) is 5.26 Å². The van der Waals surface area contributed by atoms with Crippen LogP contribution in [0.2, 0.25) is 0 Å². The number of nitriles is 1. The highest BCUT2D eigenvalue weighted by Crippen LogP contribution is 2.07. The predicted molar refractivity (Wildman–Crippen MR) is 53.7 cm³/mol. The summed E-state index contributed by atoms with van der Waals surface area (Å²) in [4.78, 5) is 14.5. The summed E-state index contributed by atoms with van der Waals surface area (Å²) in [5.74, 6) is -1.22. The molecule has 0 unspecified atom stereocenters. The number of carboxylic acids is 1. The van der Waals surface area contributed by atoms with E-state index >= 15 is 0 Å². The normalized spacial score (nSPS) is 11.1. The van der Waals surface area contributed by atoms with Crippen molar-refractivity contribution in [3.05, 3.63) is 23.8 Å². The van der Waals surface area contributed by atoms with Crippen LogP contribution in [0.15, 0.2) is 18.1 Å². The van der Waals surface area contributed by atoms with E-state index in [1.807, 2.05) is 6.92 Å². The van der Waals surface area contributed by atoms with E-state index in [4.69, 9.17) is 10.4 Å². The molecular weight excluding hydrogens is 194 g/mol. The van der Waals surface area contributed by atoms with Crippen LogP contribution in [0.1, 0.15) is 19.0 Å². The fourth-order valence-electron chi connectivity index (χ4n) is 1.17. The van der Waals surface area contributed by atoms with Gasteiger partial charge in [0.2, 0.25) is 0 Å². The Labute approximate surface area is 87.3 Å². The molecule has 78 valence electrons. The number of rotatable bonds is 4. The van der Waals surface area contributed by atoms with Gasteiger partial charge in [-0.1, -0.05) is 6.92 Å². The Hall–Kier alpha value is -2.09. The lowest BCUT2D eigenvalue weighted by Gasteiger charge is -2.01. The maximum absolute atomic E-state index is 10.6. The Bertz CT molecular complexity index is 426. The molecular formula is C10H11N3O2. The highest BCUT2D eigenvalue weighted by Gasteiger charge is 2.07. The molecule has 0 fully saturated rings. The lowest BCUT2D eigenvalue weighted by Crippen LogP contribution is -2.01. The number of imidazole rings is 1. The van der Waals surface area contributed by atoms with Crippen LogP contribution >= 0.6 is 0 Å². The first-order valence-corrected chi connectivity index (χ1v) is 4.54. The van der Waals surface area contributed by atoms with E-state index in [9.17, 15) is 4.79 Å². The predicted octanol–water partition coefficient (Wildman–Crippen LogP) is 1.28. The number of hydrogen-bond donors (Lipinski definition) is 1. The monoisotopic (exact) mass is 205 g/mol. The summed E-state index contributed by atoms with van der Waals surface area (Å²) in [5.41, 5.74) is 0.351. The molecule has 0 saturated heterocycles. The molecule has 0 bridgehead atoms. The fourth-order valence-corrected chi connectivity index (χ4v) is 1.17. The van der Waals surface area contributed by atoms with E-state index in [0.717, 1.165) is 13.0 Å². The van der Waals surface area contributed by atoms with Gasteiger partial charge in [-0.15, -0.1) is 0 Å².